The second-order valence-electron chi connectivity index (χ2n) is 7.82. The van der Waals surface area contributed by atoms with Gasteiger partial charge in [0.1, 0.15) is 5.60 Å². The number of alkyl halides is 3. The van der Waals surface area contributed by atoms with Crippen molar-refractivity contribution in [3.8, 4) is 0 Å². The number of rotatable bonds is 3. The van der Waals surface area contributed by atoms with E-state index in [1.54, 1.807) is 20.8 Å². The molecule has 0 spiro atoms. The van der Waals surface area contributed by atoms with E-state index in [-0.39, 0.29) is 12.5 Å². The Bertz CT molecular complexity index is 680. The van der Waals surface area contributed by atoms with Gasteiger partial charge >= 0.3 is 18.2 Å². The molecule has 1 aliphatic rings. The minimum atomic E-state index is -4.40. The van der Waals surface area contributed by atoms with Crippen molar-refractivity contribution in [3.05, 3.63) is 35.4 Å². The lowest BCUT2D eigenvalue weighted by Crippen LogP contribution is -2.48. The molecule has 0 saturated carbocycles. The third-order valence-electron chi connectivity index (χ3n) is 4.50. The molecule has 0 radical (unpaired) electrons. The average Bonchev–Trinajstić information content (AvgIpc) is 2.53. The molecule has 1 aromatic carbocycles. The number of benzene rings is 1. The van der Waals surface area contributed by atoms with E-state index in [0.717, 1.165) is 12.1 Å². The van der Waals surface area contributed by atoms with Gasteiger partial charge in [0.15, 0.2) is 0 Å². The Labute approximate surface area is 156 Å². The lowest BCUT2D eigenvalue weighted by atomic mass is 9.81. The number of carboxylic acid groups (broad SMARTS) is 1. The van der Waals surface area contributed by atoms with Crippen molar-refractivity contribution in [1.82, 2.24) is 4.90 Å². The molecule has 1 heterocycles. The summed E-state index contributed by atoms with van der Waals surface area (Å²) in [6, 6.07) is 4.76. The highest BCUT2D eigenvalue weighted by atomic mass is 19.4. The van der Waals surface area contributed by atoms with Gasteiger partial charge in [-0.15, -0.1) is 0 Å². The first-order valence-corrected chi connectivity index (χ1v) is 8.73. The number of carbonyl (C=O) groups excluding carboxylic acids is 1. The number of nitrogens with zero attached hydrogens (tertiary/aromatic N) is 1. The molecule has 1 amide bonds. The monoisotopic (exact) mass is 387 g/mol. The summed E-state index contributed by atoms with van der Waals surface area (Å²) < 4.78 is 43.3. The molecule has 1 aromatic rings. The highest BCUT2D eigenvalue weighted by Gasteiger charge is 2.37. The van der Waals surface area contributed by atoms with Crippen LogP contribution in [0.1, 0.15) is 38.3 Å². The van der Waals surface area contributed by atoms with Crippen LogP contribution in [0, 0.1) is 11.8 Å². The second-order valence-corrected chi connectivity index (χ2v) is 7.82. The molecule has 0 aromatic heterocycles. The molecule has 8 heteroatoms. The predicted molar refractivity (Wildman–Crippen MR) is 92.2 cm³/mol. The molecule has 2 rings (SSSR count). The quantitative estimate of drug-likeness (QED) is 0.844. The third kappa shape index (κ3) is 5.87. The largest absolute Gasteiger partial charge is 0.481 e. The van der Waals surface area contributed by atoms with Crippen molar-refractivity contribution in [2.75, 3.05) is 13.1 Å². The number of halogens is 3. The standard InChI is InChI=1S/C19H24F3NO4/c1-18(2,3)27-17(26)23-9-8-13(15(11-23)16(24)25)10-12-4-6-14(7-5-12)19(20,21)22/h4-7,13,15H,8-11H2,1-3H3,(H,24,25)/t13-,15+/m1/s1. The molecule has 150 valence electrons. The topological polar surface area (TPSA) is 66.8 Å². The maximum atomic E-state index is 12.7. The first-order valence-electron chi connectivity index (χ1n) is 8.73. The van der Waals surface area contributed by atoms with E-state index >= 15 is 0 Å². The van der Waals surface area contributed by atoms with E-state index in [4.69, 9.17) is 4.74 Å². The zero-order valence-electron chi connectivity index (χ0n) is 15.5. The average molecular weight is 387 g/mol. The van der Waals surface area contributed by atoms with Crippen LogP contribution >= 0.6 is 0 Å². The molecule has 0 bridgehead atoms. The summed E-state index contributed by atoms with van der Waals surface area (Å²) >= 11 is 0. The van der Waals surface area contributed by atoms with Crippen molar-refractivity contribution in [2.24, 2.45) is 11.8 Å². The molecule has 1 saturated heterocycles. The van der Waals surface area contributed by atoms with Crippen molar-refractivity contribution >= 4 is 12.1 Å². The number of hydrogen-bond acceptors (Lipinski definition) is 3. The summed E-state index contributed by atoms with van der Waals surface area (Å²) in [5.74, 6) is -2.09. The summed E-state index contributed by atoms with van der Waals surface area (Å²) in [7, 11) is 0. The minimum absolute atomic E-state index is 0.0234. The van der Waals surface area contributed by atoms with Gasteiger partial charge in [-0.2, -0.15) is 13.2 Å². The lowest BCUT2D eigenvalue weighted by Gasteiger charge is -2.37. The number of likely N-dealkylation sites (tertiary alicyclic amines) is 1. The first kappa shape index (κ1) is 21.1. The van der Waals surface area contributed by atoms with Crippen LogP contribution in [-0.4, -0.2) is 40.8 Å². The van der Waals surface area contributed by atoms with E-state index in [1.807, 2.05) is 0 Å². The van der Waals surface area contributed by atoms with E-state index < -0.39 is 35.3 Å². The molecule has 27 heavy (non-hydrogen) atoms. The molecular weight excluding hydrogens is 363 g/mol. The summed E-state index contributed by atoms with van der Waals surface area (Å²) in [4.78, 5) is 25.2. The van der Waals surface area contributed by atoms with Gasteiger partial charge in [0.25, 0.3) is 0 Å². The smallest absolute Gasteiger partial charge is 0.416 e. The van der Waals surface area contributed by atoms with Crippen molar-refractivity contribution in [1.29, 1.82) is 0 Å². The van der Waals surface area contributed by atoms with Crippen LogP contribution < -0.4 is 0 Å². The van der Waals surface area contributed by atoms with Crippen LogP contribution in [0.3, 0.4) is 0 Å². The first-order chi connectivity index (χ1) is 12.4. The molecule has 1 aliphatic heterocycles. The van der Waals surface area contributed by atoms with Crippen molar-refractivity contribution in [2.45, 2.75) is 45.4 Å². The van der Waals surface area contributed by atoms with Crippen LogP contribution in [-0.2, 0) is 22.1 Å². The molecule has 0 aliphatic carbocycles. The van der Waals surface area contributed by atoms with Crippen LogP contribution in [0.15, 0.2) is 24.3 Å². The van der Waals surface area contributed by atoms with Crippen LogP contribution in [0.2, 0.25) is 0 Å². The van der Waals surface area contributed by atoms with Gasteiger partial charge < -0.3 is 14.7 Å². The highest BCUT2D eigenvalue weighted by molar-refractivity contribution is 5.73. The summed E-state index contributed by atoms with van der Waals surface area (Å²) in [6.45, 7) is 5.57. The molecule has 2 atom stereocenters. The van der Waals surface area contributed by atoms with Crippen LogP contribution in [0.4, 0.5) is 18.0 Å². The van der Waals surface area contributed by atoms with Crippen molar-refractivity contribution in [3.63, 3.8) is 0 Å². The van der Waals surface area contributed by atoms with E-state index in [1.165, 1.54) is 17.0 Å². The zero-order valence-corrected chi connectivity index (χ0v) is 15.5. The van der Waals surface area contributed by atoms with Crippen LogP contribution in [0.5, 0.6) is 0 Å². The van der Waals surface area contributed by atoms with E-state index in [9.17, 15) is 27.9 Å². The molecule has 1 N–H and O–H groups in total. The van der Waals surface area contributed by atoms with Crippen molar-refractivity contribution < 1.29 is 32.6 Å². The minimum Gasteiger partial charge on any atom is -0.481 e. The maximum absolute atomic E-state index is 12.7. The Morgan fingerprint density at radius 2 is 1.78 bits per heavy atom. The highest BCUT2D eigenvalue weighted by Crippen LogP contribution is 2.31. The summed E-state index contributed by atoms with van der Waals surface area (Å²) in [6.07, 6.45) is -4.17. The Balaban J connectivity index is 2.06. The van der Waals surface area contributed by atoms with Gasteiger partial charge in [-0.25, -0.2) is 4.79 Å². The Hall–Kier alpha value is -2.25. The second kappa shape index (κ2) is 7.78. The number of aliphatic carboxylic acids is 1. The van der Waals surface area contributed by atoms with E-state index in [2.05, 4.69) is 0 Å². The number of piperidine rings is 1. The van der Waals surface area contributed by atoms with Gasteiger partial charge in [-0.1, -0.05) is 12.1 Å². The lowest BCUT2D eigenvalue weighted by molar-refractivity contribution is -0.145. The molecule has 0 unspecified atom stereocenters. The molecule has 5 nitrogen and oxygen atoms in total. The normalized spacial score (nSPS) is 21.0. The van der Waals surface area contributed by atoms with Gasteiger partial charge in [0.05, 0.1) is 11.5 Å². The fourth-order valence-corrected chi connectivity index (χ4v) is 3.15. The fourth-order valence-electron chi connectivity index (χ4n) is 3.15. The van der Waals surface area contributed by atoms with Crippen LogP contribution in [0.25, 0.3) is 0 Å². The van der Waals surface area contributed by atoms with E-state index in [0.29, 0.717) is 24.9 Å². The SMILES string of the molecule is CC(C)(C)OC(=O)N1CC[C@H](Cc2ccc(C(F)(F)F)cc2)[C@@H](C(=O)O)C1. The number of carboxylic acids is 1. The zero-order chi connectivity index (χ0) is 20.4. The summed E-state index contributed by atoms with van der Waals surface area (Å²) in [5.41, 5.74) is -0.766. The number of ether oxygens (including phenoxy) is 1. The summed E-state index contributed by atoms with van der Waals surface area (Å²) in [5, 5.41) is 9.54. The molecule has 1 fully saturated rings. The van der Waals surface area contributed by atoms with Gasteiger partial charge in [-0.05, 0) is 57.2 Å². The number of hydrogen-bond donors (Lipinski definition) is 1. The fraction of sp³-hybridized carbons (Fsp3) is 0.579. The Kier molecular flexibility index (Phi) is 6.07. The van der Waals surface area contributed by atoms with Gasteiger partial charge in [0.2, 0.25) is 0 Å². The van der Waals surface area contributed by atoms with Gasteiger partial charge in [0, 0.05) is 13.1 Å². The maximum Gasteiger partial charge on any atom is 0.416 e. The Morgan fingerprint density at radius 1 is 1.19 bits per heavy atom. The predicted octanol–water partition coefficient (Wildman–Crippen LogP) is 4.21. The number of amides is 1. The van der Waals surface area contributed by atoms with Gasteiger partial charge in [-0.3, -0.25) is 4.79 Å². The Morgan fingerprint density at radius 3 is 2.26 bits per heavy atom. The third-order valence-corrected chi connectivity index (χ3v) is 4.50. The molecular formula is C19H24F3NO4. The number of carbonyl (C=O) groups is 2.